The standard InChI is InChI=1S/C7H12OS/c1-7(2)3-5-9(8)6-4-7/h3,5H,4,6H2,1-2H3. The number of allylic oxidation sites excluding steroid dienone is 1. The maximum absolute atomic E-state index is 10.8. The second-order valence-electron chi connectivity index (χ2n) is 3.13. The SMILES string of the molecule is CC1(C)C=CS(=O)CC1. The monoisotopic (exact) mass is 144 g/mol. The van der Waals surface area contributed by atoms with Crippen molar-refractivity contribution in [2.24, 2.45) is 5.41 Å². The lowest BCUT2D eigenvalue weighted by atomic mass is 9.91. The van der Waals surface area contributed by atoms with Crippen LogP contribution in [0.5, 0.6) is 0 Å². The molecule has 2 heteroatoms. The maximum atomic E-state index is 10.8. The molecule has 0 saturated carbocycles. The predicted octanol–water partition coefficient (Wildman–Crippen LogP) is 1.68. The Bertz CT molecular complexity index is 158. The first-order valence-corrected chi connectivity index (χ1v) is 4.55. The highest BCUT2D eigenvalue weighted by Crippen LogP contribution is 2.26. The van der Waals surface area contributed by atoms with Crippen molar-refractivity contribution in [3.63, 3.8) is 0 Å². The molecule has 52 valence electrons. The molecule has 0 amide bonds. The van der Waals surface area contributed by atoms with E-state index in [1.54, 1.807) is 0 Å². The van der Waals surface area contributed by atoms with Crippen molar-refractivity contribution in [2.75, 3.05) is 5.75 Å². The van der Waals surface area contributed by atoms with Gasteiger partial charge in [0.2, 0.25) is 0 Å². The van der Waals surface area contributed by atoms with Gasteiger partial charge in [-0.05, 0) is 17.2 Å². The third kappa shape index (κ3) is 1.94. The molecule has 1 aliphatic heterocycles. The molecule has 0 aromatic heterocycles. The molecule has 0 aromatic rings. The fourth-order valence-corrected chi connectivity index (χ4v) is 2.16. The van der Waals surface area contributed by atoms with Gasteiger partial charge in [-0.2, -0.15) is 0 Å². The van der Waals surface area contributed by atoms with Crippen molar-refractivity contribution < 1.29 is 4.21 Å². The van der Waals surface area contributed by atoms with Crippen LogP contribution in [-0.2, 0) is 10.8 Å². The molecular formula is C7H12OS. The minimum atomic E-state index is -0.667. The highest BCUT2D eigenvalue weighted by atomic mass is 32.2. The molecule has 0 saturated heterocycles. The summed E-state index contributed by atoms with van der Waals surface area (Å²) in [6.07, 6.45) is 3.10. The Balaban J connectivity index is 2.69. The Labute approximate surface area is 58.6 Å². The summed E-state index contributed by atoms with van der Waals surface area (Å²) in [5.41, 5.74) is 0.286. The van der Waals surface area contributed by atoms with E-state index in [-0.39, 0.29) is 5.41 Å². The molecule has 9 heavy (non-hydrogen) atoms. The predicted molar refractivity (Wildman–Crippen MR) is 40.5 cm³/mol. The van der Waals surface area contributed by atoms with Crippen molar-refractivity contribution >= 4 is 10.8 Å². The van der Waals surface area contributed by atoms with Gasteiger partial charge in [0.1, 0.15) is 0 Å². The third-order valence-electron chi connectivity index (χ3n) is 1.62. The Hall–Kier alpha value is -0.110. The van der Waals surface area contributed by atoms with E-state index in [0.717, 1.165) is 12.2 Å². The summed E-state index contributed by atoms with van der Waals surface area (Å²) in [6.45, 7) is 4.33. The lowest BCUT2D eigenvalue weighted by Gasteiger charge is -2.22. The lowest BCUT2D eigenvalue weighted by molar-refractivity contribution is 0.460. The van der Waals surface area contributed by atoms with Crippen LogP contribution in [0, 0.1) is 5.41 Å². The summed E-state index contributed by atoms with van der Waals surface area (Å²) in [7, 11) is -0.667. The first kappa shape index (κ1) is 7.00. The molecule has 0 spiro atoms. The fraction of sp³-hybridized carbons (Fsp3) is 0.714. The second kappa shape index (κ2) is 2.25. The average Bonchev–Trinajstić information content (AvgIpc) is 1.78. The van der Waals surface area contributed by atoms with Crippen LogP contribution in [0.3, 0.4) is 0 Å². The quantitative estimate of drug-likeness (QED) is 0.505. The van der Waals surface area contributed by atoms with Gasteiger partial charge in [-0.3, -0.25) is 4.21 Å². The Kier molecular flexibility index (Phi) is 1.75. The topological polar surface area (TPSA) is 17.1 Å². The van der Waals surface area contributed by atoms with E-state index >= 15 is 0 Å². The Morgan fingerprint density at radius 3 is 2.56 bits per heavy atom. The third-order valence-corrected chi connectivity index (χ3v) is 2.66. The van der Waals surface area contributed by atoms with Gasteiger partial charge >= 0.3 is 0 Å². The van der Waals surface area contributed by atoms with Crippen molar-refractivity contribution in [3.05, 3.63) is 11.5 Å². The van der Waals surface area contributed by atoms with Gasteiger partial charge in [-0.1, -0.05) is 19.9 Å². The Morgan fingerprint density at radius 1 is 1.56 bits per heavy atom. The van der Waals surface area contributed by atoms with E-state index < -0.39 is 10.8 Å². The minimum Gasteiger partial charge on any atom is -0.255 e. The largest absolute Gasteiger partial charge is 0.255 e. The fourth-order valence-electron chi connectivity index (χ4n) is 0.775. The van der Waals surface area contributed by atoms with Gasteiger partial charge < -0.3 is 0 Å². The van der Waals surface area contributed by atoms with Gasteiger partial charge in [-0.25, -0.2) is 0 Å². The molecule has 1 nitrogen and oxygen atoms in total. The van der Waals surface area contributed by atoms with Crippen molar-refractivity contribution in [2.45, 2.75) is 20.3 Å². The maximum Gasteiger partial charge on any atom is 0.0453 e. The van der Waals surface area contributed by atoms with Gasteiger partial charge in [0, 0.05) is 16.6 Å². The molecule has 0 aromatic carbocycles. The second-order valence-corrected chi connectivity index (χ2v) is 4.57. The van der Waals surface area contributed by atoms with E-state index in [2.05, 4.69) is 13.8 Å². The smallest absolute Gasteiger partial charge is 0.0453 e. The summed E-state index contributed by atoms with van der Waals surface area (Å²) in [6, 6.07) is 0. The van der Waals surface area contributed by atoms with E-state index in [0.29, 0.717) is 0 Å². The number of hydrogen-bond donors (Lipinski definition) is 0. The zero-order chi connectivity index (χ0) is 6.91. The van der Waals surface area contributed by atoms with Crippen LogP contribution in [0.1, 0.15) is 20.3 Å². The summed E-state index contributed by atoms with van der Waals surface area (Å²) in [5.74, 6) is 0.837. The molecule has 0 fully saturated rings. The van der Waals surface area contributed by atoms with E-state index in [4.69, 9.17) is 0 Å². The molecular weight excluding hydrogens is 132 g/mol. The Morgan fingerprint density at radius 2 is 2.22 bits per heavy atom. The number of rotatable bonds is 0. The normalized spacial score (nSPS) is 32.4. The van der Waals surface area contributed by atoms with Crippen LogP contribution in [0.15, 0.2) is 11.5 Å². The molecule has 0 N–H and O–H groups in total. The molecule has 1 rings (SSSR count). The summed E-state index contributed by atoms with van der Waals surface area (Å²) >= 11 is 0. The zero-order valence-electron chi connectivity index (χ0n) is 5.89. The number of hydrogen-bond acceptors (Lipinski definition) is 1. The van der Waals surface area contributed by atoms with Crippen molar-refractivity contribution in [1.29, 1.82) is 0 Å². The van der Waals surface area contributed by atoms with E-state index in [1.807, 2.05) is 11.5 Å². The van der Waals surface area contributed by atoms with Gasteiger partial charge in [0.05, 0.1) is 0 Å². The van der Waals surface area contributed by atoms with Crippen LogP contribution in [0.4, 0.5) is 0 Å². The first-order chi connectivity index (χ1) is 4.10. The molecule has 1 atom stereocenters. The molecule has 1 heterocycles. The van der Waals surface area contributed by atoms with Gasteiger partial charge in [0.25, 0.3) is 0 Å². The molecule has 0 radical (unpaired) electrons. The summed E-state index contributed by atoms with van der Waals surface area (Å²) < 4.78 is 10.8. The lowest BCUT2D eigenvalue weighted by Crippen LogP contribution is -2.16. The van der Waals surface area contributed by atoms with Crippen LogP contribution < -0.4 is 0 Å². The first-order valence-electron chi connectivity index (χ1n) is 3.17. The highest BCUT2D eigenvalue weighted by Gasteiger charge is 2.18. The van der Waals surface area contributed by atoms with Crippen molar-refractivity contribution in [1.82, 2.24) is 0 Å². The molecule has 0 bridgehead atoms. The van der Waals surface area contributed by atoms with Gasteiger partial charge in [0.15, 0.2) is 0 Å². The van der Waals surface area contributed by atoms with E-state index in [9.17, 15) is 4.21 Å². The summed E-state index contributed by atoms with van der Waals surface area (Å²) in [5, 5.41) is 1.81. The van der Waals surface area contributed by atoms with Gasteiger partial charge in [-0.15, -0.1) is 0 Å². The van der Waals surface area contributed by atoms with Crippen LogP contribution in [-0.4, -0.2) is 9.96 Å². The average molecular weight is 144 g/mol. The molecule has 0 aliphatic carbocycles. The molecule has 1 unspecified atom stereocenters. The van der Waals surface area contributed by atoms with Crippen LogP contribution in [0.25, 0.3) is 0 Å². The zero-order valence-corrected chi connectivity index (χ0v) is 6.70. The minimum absolute atomic E-state index is 0.286. The highest BCUT2D eigenvalue weighted by molar-refractivity contribution is 7.88. The van der Waals surface area contributed by atoms with Crippen LogP contribution in [0.2, 0.25) is 0 Å². The van der Waals surface area contributed by atoms with Crippen molar-refractivity contribution in [3.8, 4) is 0 Å². The van der Waals surface area contributed by atoms with E-state index in [1.165, 1.54) is 0 Å². The van der Waals surface area contributed by atoms with Crippen LogP contribution >= 0.6 is 0 Å². The molecule has 1 aliphatic rings. The summed E-state index contributed by atoms with van der Waals surface area (Å²) in [4.78, 5) is 0.